The lowest BCUT2D eigenvalue weighted by molar-refractivity contribution is -0.117. The molecule has 0 bridgehead atoms. The maximum Gasteiger partial charge on any atom is 0.133 e. The molecule has 0 radical (unpaired) electrons. The van der Waals surface area contributed by atoms with Crippen molar-refractivity contribution in [3.05, 3.63) is 34.9 Å². The van der Waals surface area contributed by atoms with Crippen LogP contribution in [0.5, 0.6) is 0 Å². The first-order chi connectivity index (χ1) is 8.35. The van der Waals surface area contributed by atoms with Gasteiger partial charge in [-0.3, -0.25) is 4.79 Å². The molecule has 0 aliphatic heterocycles. The Morgan fingerprint density at radius 3 is 2.56 bits per heavy atom. The number of carbonyl (C=O) groups is 1. The number of aryl methyl sites for hydroxylation is 1. The molecule has 1 aliphatic carbocycles. The molecule has 1 aliphatic rings. The van der Waals surface area contributed by atoms with Crippen molar-refractivity contribution < 1.29 is 4.79 Å². The van der Waals surface area contributed by atoms with Gasteiger partial charge in [-0.15, -0.1) is 0 Å². The highest BCUT2D eigenvalue weighted by Gasteiger charge is 2.24. The SMILES string of the molecule is Cc1ccc(C2CCC(=O)C2)cc1CC(C)(C)C. The minimum atomic E-state index is 0.314. The zero-order chi connectivity index (χ0) is 13.3. The Balaban J connectivity index is 2.23. The Labute approximate surface area is 111 Å². The molecule has 98 valence electrons. The third-order valence-electron chi connectivity index (χ3n) is 3.81. The number of rotatable bonds is 2. The Kier molecular flexibility index (Phi) is 3.61. The molecule has 0 heterocycles. The topological polar surface area (TPSA) is 17.1 Å². The van der Waals surface area contributed by atoms with E-state index in [9.17, 15) is 4.79 Å². The van der Waals surface area contributed by atoms with Gasteiger partial charge in [0.2, 0.25) is 0 Å². The van der Waals surface area contributed by atoms with E-state index in [1.165, 1.54) is 16.7 Å². The molecule has 1 atom stereocenters. The van der Waals surface area contributed by atoms with Crippen molar-refractivity contribution in [1.29, 1.82) is 0 Å². The molecule has 1 unspecified atom stereocenters. The van der Waals surface area contributed by atoms with Crippen molar-refractivity contribution in [1.82, 2.24) is 0 Å². The van der Waals surface area contributed by atoms with Crippen LogP contribution in [-0.2, 0) is 11.2 Å². The van der Waals surface area contributed by atoms with Crippen LogP contribution in [0.15, 0.2) is 18.2 Å². The third-order valence-corrected chi connectivity index (χ3v) is 3.81. The minimum Gasteiger partial charge on any atom is -0.300 e. The highest BCUT2D eigenvalue weighted by atomic mass is 16.1. The average molecular weight is 244 g/mol. The second kappa shape index (κ2) is 4.87. The van der Waals surface area contributed by atoms with Crippen molar-refractivity contribution in [3.8, 4) is 0 Å². The molecule has 1 fully saturated rings. The number of ketones is 1. The summed E-state index contributed by atoms with van der Waals surface area (Å²) in [7, 11) is 0. The van der Waals surface area contributed by atoms with Crippen LogP contribution in [0.3, 0.4) is 0 Å². The Morgan fingerprint density at radius 2 is 2.00 bits per heavy atom. The summed E-state index contributed by atoms with van der Waals surface area (Å²) in [5.74, 6) is 0.898. The Bertz CT molecular complexity index is 451. The molecule has 1 aromatic rings. The summed E-state index contributed by atoms with van der Waals surface area (Å²) in [6, 6.07) is 6.77. The monoisotopic (exact) mass is 244 g/mol. The van der Waals surface area contributed by atoms with Gasteiger partial charge in [-0.2, -0.15) is 0 Å². The van der Waals surface area contributed by atoms with Crippen molar-refractivity contribution >= 4 is 5.78 Å². The summed E-state index contributed by atoms with van der Waals surface area (Å²) < 4.78 is 0. The van der Waals surface area contributed by atoms with E-state index in [0.717, 1.165) is 25.7 Å². The highest BCUT2D eigenvalue weighted by Crippen LogP contribution is 2.34. The maximum atomic E-state index is 11.4. The smallest absolute Gasteiger partial charge is 0.133 e. The molecule has 0 amide bonds. The quantitative estimate of drug-likeness (QED) is 0.752. The number of carbonyl (C=O) groups excluding carboxylic acids is 1. The van der Waals surface area contributed by atoms with E-state index >= 15 is 0 Å². The predicted octanol–water partition coefficient (Wildman–Crippen LogP) is 4.42. The maximum absolute atomic E-state index is 11.4. The molecule has 0 spiro atoms. The van der Waals surface area contributed by atoms with E-state index in [2.05, 4.69) is 45.9 Å². The van der Waals surface area contributed by atoms with E-state index in [0.29, 0.717) is 17.1 Å². The van der Waals surface area contributed by atoms with E-state index in [1.807, 2.05) is 0 Å². The lowest BCUT2D eigenvalue weighted by Crippen LogP contribution is -2.11. The van der Waals surface area contributed by atoms with E-state index in [4.69, 9.17) is 0 Å². The van der Waals surface area contributed by atoms with Gasteiger partial charge in [0, 0.05) is 12.8 Å². The molecule has 0 saturated heterocycles. The molecule has 1 saturated carbocycles. The number of hydrogen-bond donors (Lipinski definition) is 0. The van der Waals surface area contributed by atoms with Crippen molar-refractivity contribution in [2.45, 2.75) is 59.3 Å². The molecule has 1 heteroatoms. The molecule has 0 aromatic heterocycles. The second-order valence-corrected chi connectivity index (χ2v) is 6.90. The van der Waals surface area contributed by atoms with Crippen LogP contribution in [0.25, 0.3) is 0 Å². The fourth-order valence-electron chi connectivity index (χ4n) is 2.81. The van der Waals surface area contributed by atoms with Gasteiger partial charge in [-0.1, -0.05) is 39.0 Å². The van der Waals surface area contributed by atoms with E-state index < -0.39 is 0 Å². The third kappa shape index (κ3) is 3.22. The second-order valence-electron chi connectivity index (χ2n) is 6.90. The standard InChI is InChI=1S/C17H24O/c1-12-5-6-13(14-7-8-16(18)10-14)9-15(12)11-17(2,3)4/h5-6,9,14H,7-8,10-11H2,1-4H3. The summed E-state index contributed by atoms with van der Waals surface area (Å²) in [6.45, 7) is 9.01. The summed E-state index contributed by atoms with van der Waals surface area (Å²) in [5, 5.41) is 0. The summed E-state index contributed by atoms with van der Waals surface area (Å²) >= 11 is 0. The van der Waals surface area contributed by atoms with Gasteiger partial charge < -0.3 is 0 Å². The van der Waals surface area contributed by atoms with Crippen LogP contribution in [0.4, 0.5) is 0 Å². The first-order valence-electron chi connectivity index (χ1n) is 6.96. The van der Waals surface area contributed by atoms with Crippen LogP contribution >= 0.6 is 0 Å². The molecule has 0 N–H and O–H groups in total. The van der Waals surface area contributed by atoms with Gasteiger partial charge >= 0.3 is 0 Å². The van der Waals surface area contributed by atoms with Gasteiger partial charge in [0.1, 0.15) is 5.78 Å². The van der Waals surface area contributed by atoms with Gasteiger partial charge in [0.25, 0.3) is 0 Å². The first kappa shape index (κ1) is 13.3. The molecule has 1 nitrogen and oxygen atoms in total. The lowest BCUT2D eigenvalue weighted by atomic mass is 9.84. The number of Topliss-reactive ketones (excluding diaryl/α,β-unsaturated/α-hetero) is 1. The van der Waals surface area contributed by atoms with Gasteiger partial charge in [-0.05, 0) is 47.8 Å². The fourth-order valence-corrected chi connectivity index (χ4v) is 2.81. The molecule has 1 aromatic carbocycles. The fraction of sp³-hybridized carbons (Fsp3) is 0.588. The van der Waals surface area contributed by atoms with Crippen LogP contribution in [-0.4, -0.2) is 5.78 Å². The average Bonchev–Trinajstić information content (AvgIpc) is 2.66. The lowest BCUT2D eigenvalue weighted by Gasteiger charge is -2.21. The van der Waals surface area contributed by atoms with Crippen LogP contribution in [0, 0.1) is 12.3 Å². The van der Waals surface area contributed by atoms with Gasteiger partial charge in [-0.25, -0.2) is 0 Å². The summed E-state index contributed by atoms with van der Waals surface area (Å²) in [5.41, 5.74) is 4.50. The molecular formula is C17H24O. The van der Waals surface area contributed by atoms with Crippen LogP contribution in [0.1, 0.15) is 62.6 Å². The zero-order valence-electron chi connectivity index (χ0n) is 12.0. The van der Waals surface area contributed by atoms with Crippen molar-refractivity contribution in [2.75, 3.05) is 0 Å². The van der Waals surface area contributed by atoms with Crippen LogP contribution < -0.4 is 0 Å². The number of hydrogen-bond acceptors (Lipinski definition) is 1. The van der Waals surface area contributed by atoms with Gasteiger partial charge in [0.15, 0.2) is 0 Å². The zero-order valence-corrected chi connectivity index (χ0v) is 12.0. The molecular weight excluding hydrogens is 220 g/mol. The molecule has 2 rings (SSSR count). The normalized spacial score (nSPS) is 20.4. The largest absolute Gasteiger partial charge is 0.300 e. The van der Waals surface area contributed by atoms with Crippen LogP contribution in [0.2, 0.25) is 0 Å². The Morgan fingerprint density at radius 1 is 1.28 bits per heavy atom. The van der Waals surface area contributed by atoms with Crippen molar-refractivity contribution in [2.24, 2.45) is 5.41 Å². The summed E-state index contributed by atoms with van der Waals surface area (Å²) in [4.78, 5) is 11.4. The van der Waals surface area contributed by atoms with Crippen molar-refractivity contribution in [3.63, 3.8) is 0 Å². The van der Waals surface area contributed by atoms with E-state index in [1.54, 1.807) is 0 Å². The predicted molar refractivity (Wildman–Crippen MR) is 75.9 cm³/mol. The Hall–Kier alpha value is -1.11. The minimum absolute atomic E-state index is 0.314. The van der Waals surface area contributed by atoms with E-state index in [-0.39, 0.29) is 0 Å². The summed E-state index contributed by atoms with van der Waals surface area (Å²) in [6.07, 6.45) is 3.66. The number of benzene rings is 1. The first-order valence-corrected chi connectivity index (χ1v) is 6.96. The molecule has 18 heavy (non-hydrogen) atoms. The van der Waals surface area contributed by atoms with Gasteiger partial charge in [0.05, 0.1) is 0 Å². The highest BCUT2D eigenvalue weighted by molar-refractivity contribution is 5.81.